The topological polar surface area (TPSA) is 74.6 Å². The van der Waals surface area contributed by atoms with E-state index in [-0.39, 0.29) is 37.7 Å². The third-order valence-corrected chi connectivity index (χ3v) is 1.62. The van der Waals surface area contributed by atoms with Crippen molar-refractivity contribution < 1.29 is 19.8 Å². The molecule has 0 spiro atoms. The van der Waals surface area contributed by atoms with E-state index in [1.54, 1.807) is 6.92 Å². The Hall–Kier alpha value is 0.200. The molecule has 0 saturated heterocycles. The van der Waals surface area contributed by atoms with E-state index in [0.29, 0.717) is 0 Å². The van der Waals surface area contributed by atoms with Crippen molar-refractivity contribution in [1.82, 2.24) is 0 Å². The second-order valence-electron chi connectivity index (χ2n) is 2.89. The molecule has 1 fully saturated rings. The molecule has 0 aromatic heterocycles. The van der Waals surface area contributed by atoms with Gasteiger partial charge in [-0.25, -0.2) is 0 Å². The first-order chi connectivity index (χ1) is 7.13. The van der Waals surface area contributed by atoms with Gasteiger partial charge in [-0.1, -0.05) is 19.3 Å². The van der Waals surface area contributed by atoms with Gasteiger partial charge in [0, 0.05) is 0 Å². The third-order valence-electron chi connectivity index (χ3n) is 1.62. The predicted molar refractivity (Wildman–Crippen MR) is 64.1 cm³/mol. The Labute approximate surface area is 127 Å². The molecule has 0 aromatic rings. The van der Waals surface area contributed by atoms with Gasteiger partial charge >= 0.3 is 49.7 Å². The summed E-state index contributed by atoms with van der Waals surface area (Å²) in [5.74, 6) is -2.62. The van der Waals surface area contributed by atoms with Crippen LogP contribution in [0.2, 0.25) is 0 Å². The van der Waals surface area contributed by atoms with Gasteiger partial charge in [0.2, 0.25) is 0 Å². The number of carboxylic acids is 2. The molecule has 0 heterocycles. The summed E-state index contributed by atoms with van der Waals surface area (Å²) in [6.45, 7) is 5.00. The minimum atomic E-state index is -1.31. The summed E-state index contributed by atoms with van der Waals surface area (Å²) in [6.07, 6.45) is 8.69. The first-order valence-electron chi connectivity index (χ1n) is 5.09. The molecule has 90 valence electrons. The van der Waals surface area contributed by atoms with Crippen LogP contribution >= 0.6 is 0 Å². The molecule has 0 radical (unpaired) electrons. The van der Waals surface area contributed by atoms with Crippen molar-refractivity contribution in [3.8, 4) is 0 Å². The molecule has 2 N–H and O–H groups in total. The zero-order chi connectivity index (χ0) is 12.1. The first-order valence-corrected chi connectivity index (χ1v) is 5.09. The Kier molecular flexibility index (Phi) is 23.6. The second kappa shape index (κ2) is 17.6. The van der Waals surface area contributed by atoms with Crippen molar-refractivity contribution in [3.63, 3.8) is 0 Å². The number of carbonyl (C=O) groups is 2. The van der Waals surface area contributed by atoms with E-state index < -0.39 is 18.4 Å². The van der Waals surface area contributed by atoms with Crippen LogP contribution in [0.5, 0.6) is 0 Å². The fourth-order valence-electron chi connectivity index (χ4n) is 1.03. The third kappa shape index (κ3) is 23.8. The average molecular weight is 256 g/mol. The number of rotatable bonds is 2. The predicted octanol–water partition coefficient (Wildman–Crippen LogP) is 2.16. The summed E-state index contributed by atoms with van der Waals surface area (Å²) < 4.78 is 0. The normalized spacial score (nSPS) is 12.9. The van der Waals surface area contributed by atoms with Crippen LogP contribution in [0.4, 0.5) is 0 Å². The summed E-state index contributed by atoms with van der Waals surface area (Å²) in [6, 6.07) is 0. The van der Waals surface area contributed by atoms with E-state index in [1.807, 2.05) is 0 Å². The molecule has 0 aromatic carbocycles. The van der Waals surface area contributed by atoms with Crippen LogP contribution < -0.4 is 0 Å². The minimum Gasteiger partial charge on any atom is -0.481 e. The van der Waals surface area contributed by atoms with Crippen LogP contribution in [0.1, 0.15) is 45.4 Å². The van der Waals surface area contributed by atoms with Gasteiger partial charge in [0.05, 0.1) is 0 Å². The largest absolute Gasteiger partial charge is 2.00 e. The summed E-state index contributed by atoms with van der Waals surface area (Å²) in [7, 11) is 0. The summed E-state index contributed by atoms with van der Waals surface area (Å²) in [4.78, 5) is 18.9. The molecule has 16 heavy (non-hydrogen) atoms. The molecular formula is C11H20CaO4. The smallest absolute Gasteiger partial charge is 0.481 e. The Morgan fingerprint density at radius 1 is 1.06 bits per heavy atom. The number of hydrogen-bond acceptors (Lipinski definition) is 2. The van der Waals surface area contributed by atoms with Gasteiger partial charge in [-0.15, -0.1) is 0 Å². The van der Waals surface area contributed by atoms with Gasteiger partial charge in [0.15, 0.2) is 0 Å². The summed E-state index contributed by atoms with van der Waals surface area (Å²) in [5.41, 5.74) is 0. The van der Waals surface area contributed by atoms with Gasteiger partial charge in [-0.3, -0.25) is 9.59 Å². The van der Waals surface area contributed by atoms with Crippen LogP contribution in [-0.2, 0) is 9.59 Å². The maximum atomic E-state index is 9.43. The molecule has 1 rings (SSSR count). The van der Waals surface area contributed by atoms with E-state index in [2.05, 4.69) is 13.3 Å². The number of aliphatic carboxylic acids is 2. The van der Waals surface area contributed by atoms with E-state index in [0.717, 1.165) is 0 Å². The molecular weight excluding hydrogens is 236 g/mol. The maximum Gasteiger partial charge on any atom is 2.00 e. The van der Waals surface area contributed by atoms with Crippen molar-refractivity contribution in [2.45, 2.75) is 45.4 Å². The molecule has 1 aliphatic rings. The SMILES string of the molecule is O=C(O)CC(=O)O.[CH-]1CCCCC1.[CH2-]C.[Ca+2]. The van der Waals surface area contributed by atoms with Gasteiger partial charge in [0.1, 0.15) is 6.42 Å². The van der Waals surface area contributed by atoms with Gasteiger partial charge < -0.3 is 23.6 Å². The van der Waals surface area contributed by atoms with E-state index in [1.165, 1.54) is 32.1 Å². The average Bonchev–Trinajstić information content (AvgIpc) is 2.22. The van der Waals surface area contributed by atoms with Gasteiger partial charge in [-0.05, 0) is 0 Å². The van der Waals surface area contributed by atoms with Crippen molar-refractivity contribution in [2.24, 2.45) is 0 Å². The Morgan fingerprint density at radius 2 is 1.44 bits per heavy atom. The molecule has 0 aliphatic heterocycles. The zero-order valence-electron chi connectivity index (χ0n) is 9.95. The van der Waals surface area contributed by atoms with Crippen LogP contribution in [-0.4, -0.2) is 59.9 Å². The molecule has 0 amide bonds. The van der Waals surface area contributed by atoms with Crippen molar-refractivity contribution in [1.29, 1.82) is 0 Å². The Bertz CT molecular complexity index is 144. The monoisotopic (exact) mass is 256 g/mol. The molecule has 0 unspecified atom stereocenters. The zero-order valence-corrected chi connectivity index (χ0v) is 12.2. The van der Waals surface area contributed by atoms with Crippen molar-refractivity contribution >= 4 is 49.7 Å². The van der Waals surface area contributed by atoms with Crippen LogP contribution in [0.15, 0.2) is 0 Å². The van der Waals surface area contributed by atoms with E-state index in [9.17, 15) is 9.59 Å². The molecule has 0 bridgehead atoms. The van der Waals surface area contributed by atoms with Crippen LogP contribution in [0.3, 0.4) is 0 Å². The second-order valence-corrected chi connectivity index (χ2v) is 2.89. The van der Waals surface area contributed by atoms with Crippen LogP contribution in [0, 0.1) is 13.3 Å². The standard InChI is InChI=1S/C6H11.C3H4O4.C2H5.Ca/c1-2-4-6-5-3-1;4-2(5)1-3(6)7;1-2;/h1H,2-6H2;1H2,(H,4,5)(H,6,7);1H2,2H3;/q-1;;-1;+2. The van der Waals surface area contributed by atoms with Gasteiger partial charge in [0.25, 0.3) is 0 Å². The summed E-state index contributed by atoms with van der Waals surface area (Å²) >= 11 is 0. The van der Waals surface area contributed by atoms with Crippen molar-refractivity contribution in [3.05, 3.63) is 13.3 Å². The Morgan fingerprint density at radius 3 is 1.50 bits per heavy atom. The first kappa shape index (κ1) is 21.5. The van der Waals surface area contributed by atoms with E-state index in [4.69, 9.17) is 10.2 Å². The quantitative estimate of drug-likeness (QED) is 0.451. The van der Waals surface area contributed by atoms with Crippen LogP contribution in [0.25, 0.3) is 0 Å². The molecule has 0 atom stereocenters. The maximum absolute atomic E-state index is 9.43. The minimum absolute atomic E-state index is 0. The number of carboxylic acid groups (broad SMARTS) is 2. The molecule has 1 saturated carbocycles. The van der Waals surface area contributed by atoms with Crippen molar-refractivity contribution in [2.75, 3.05) is 0 Å². The fraction of sp³-hybridized carbons (Fsp3) is 0.636. The molecule has 1 aliphatic carbocycles. The van der Waals surface area contributed by atoms with E-state index >= 15 is 0 Å². The molecule has 5 heteroatoms. The molecule has 4 nitrogen and oxygen atoms in total. The fourth-order valence-corrected chi connectivity index (χ4v) is 1.03. The number of hydrogen-bond donors (Lipinski definition) is 2. The summed E-state index contributed by atoms with van der Waals surface area (Å²) in [5, 5.41) is 15.4. The Balaban J connectivity index is -0.000000174. The van der Waals surface area contributed by atoms with Gasteiger partial charge in [-0.2, -0.15) is 19.8 Å².